The molecule has 0 bridgehead atoms. The predicted octanol–water partition coefficient (Wildman–Crippen LogP) is 3.01. The highest BCUT2D eigenvalue weighted by molar-refractivity contribution is 6.30. The van der Waals surface area contributed by atoms with Gasteiger partial charge in [-0.25, -0.2) is 4.39 Å². The third-order valence-corrected chi connectivity index (χ3v) is 3.34. The Hall–Kier alpha value is -2.47. The highest BCUT2D eigenvalue weighted by atomic mass is 35.5. The van der Waals surface area contributed by atoms with Gasteiger partial charge in [-0.05, 0) is 47.2 Å². The van der Waals surface area contributed by atoms with Crippen LogP contribution in [0.4, 0.5) is 10.1 Å². The number of benzene rings is 2. The van der Waals surface area contributed by atoms with Crippen molar-refractivity contribution in [1.82, 2.24) is 20.2 Å². The van der Waals surface area contributed by atoms with Gasteiger partial charge in [-0.15, -0.1) is 5.10 Å². The van der Waals surface area contributed by atoms with E-state index in [0.29, 0.717) is 22.8 Å². The molecule has 2 aromatic carbocycles. The number of halogens is 2. The van der Waals surface area contributed by atoms with Crippen molar-refractivity contribution in [2.45, 2.75) is 6.92 Å². The predicted molar refractivity (Wildman–Crippen MR) is 78.7 cm³/mol. The van der Waals surface area contributed by atoms with E-state index < -0.39 is 5.82 Å². The number of nitrogen functional groups attached to an aromatic ring is 1. The molecule has 21 heavy (non-hydrogen) atoms. The molecule has 0 saturated carbocycles. The third-order valence-electron chi connectivity index (χ3n) is 3.13. The van der Waals surface area contributed by atoms with Crippen molar-refractivity contribution >= 4 is 17.3 Å². The molecule has 0 unspecified atom stereocenters. The zero-order valence-corrected chi connectivity index (χ0v) is 11.8. The molecule has 2 N–H and O–H groups in total. The second-order valence-corrected chi connectivity index (χ2v) is 5.01. The van der Waals surface area contributed by atoms with Crippen molar-refractivity contribution in [1.29, 1.82) is 0 Å². The summed E-state index contributed by atoms with van der Waals surface area (Å²) in [6.07, 6.45) is 0. The first-order chi connectivity index (χ1) is 10.1. The minimum atomic E-state index is -0.462. The summed E-state index contributed by atoms with van der Waals surface area (Å²) in [5.74, 6) is -0.0333. The molecule has 3 rings (SSSR count). The lowest BCUT2D eigenvalue weighted by molar-refractivity contribution is 0.625. The van der Waals surface area contributed by atoms with E-state index in [1.54, 1.807) is 6.07 Å². The van der Waals surface area contributed by atoms with Crippen LogP contribution in [0.3, 0.4) is 0 Å². The van der Waals surface area contributed by atoms with E-state index in [1.165, 1.54) is 16.8 Å². The summed E-state index contributed by atoms with van der Waals surface area (Å²) in [5, 5.41) is 11.8. The largest absolute Gasteiger partial charge is 0.398 e. The molecule has 0 spiro atoms. The maximum absolute atomic E-state index is 13.5. The van der Waals surface area contributed by atoms with Crippen LogP contribution in [0, 0.1) is 12.7 Å². The molecule has 0 aliphatic rings. The van der Waals surface area contributed by atoms with Gasteiger partial charge >= 0.3 is 0 Å². The second kappa shape index (κ2) is 5.14. The number of hydrogen-bond donors (Lipinski definition) is 1. The minimum Gasteiger partial charge on any atom is -0.398 e. The van der Waals surface area contributed by atoms with E-state index >= 15 is 0 Å². The quantitative estimate of drug-likeness (QED) is 0.739. The molecule has 0 aliphatic carbocycles. The van der Waals surface area contributed by atoms with E-state index in [2.05, 4.69) is 15.5 Å². The maximum Gasteiger partial charge on any atom is 0.189 e. The van der Waals surface area contributed by atoms with Gasteiger partial charge in [0.05, 0.1) is 5.69 Å². The molecule has 0 aliphatic heterocycles. The van der Waals surface area contributed by atoms with E-state index in [0.717, 1.165) is 5.56 Å². The van der Waals surface area contributed by atoms with E-state index in [-0.39, 0.29) is 5.02 Å². The van der Waals surface area contributed by atoms with Crippen LogP contribution in [-0.2, 0) is 0 Å². The molecule has 0 atom stereocenters. The Morgan fingerprint density at radius 1 is 1.24 bits per heavy atom. The number of tetrazole rings is 1. The van der Waals surface area contributed by atoms with Crippen LogP contribution < -0.4 is 5.73 Å². The maximum atomic E-state index is 13.5. The normalized spacial score (nSPS) is 10.8. The lowest BCUT2D eigenvalue weighted by atomic mass is 10.1. The zero-order chi connectivity index (χ0) is 15.0. The summed E-state index contributed by atoms with van der Waals surface area (Å²) in [4.78, 5) is 0. The highest BCUT2D eigenvalue weighted by Crippen LogP contribution is 2.28. The second-order valence-electron chi connectivity index (χ2n) is 4.58. The van der Waals surface area contributed by atoms with Gasteiger partial charge in [0.25, 0.3) is 0 Å². The molecule has 1 aromatic heterocycles. The number of aromatic nitrogens is 4. The summed E-state index contributed by atoms with van der Waals surface area (Å²) in [5.41, 5.74) is 8.68. The van der Waals surface area contributed by atoms with Gasteiger partial charge < -0.3 is 5.73 Å². The molecule has 0 radical (unpaired) electrons. The Morgan fingerprint density at radius 3 is 2.81 bits per heavy atom. The van der Waals surface area contributed by atoms with Gasteiger partial charge in [0.2, 0.25) is 0 Å². The van der Waals surface area contributed by atoms with Crippen molar-refractivity contribution < 1.29 is 4.39 Å². The Labute approximate surface area is 125 Å². The van der Waals surface area contributed by atoms with Crippen LogP contribution in [-0.4, -0.2) is 20.2 Å². The van der Waals surface area contributed by atoms with Gasteiger partial charge in [-0.1, -0.05) is 23.7 Å². The van der Waals surface area contributed by atoms with Crippen molar-refractivity contribution in [2.24, 2.45) is 0 Å². The van der Waals surface area contributed by atoms with Crippen molar-refractivity contribution in [3.63, 3.8) is 0 Å². The first-order valence-electron chi connectivity index (χ1n) is 6.16. The molecule has 0 saturated heterocycles. The number of hydrogen-bond acceptors (Lipinski definition) is 4. The van der Waals surface area contributed by atoms with Gasteiger partial charge in [-0.2, -0.15) is 4.68 Å². The van der Waals surface area contributed by atoms with Gasteiger partial charge in [-0.3, -0.25) is 0 Å². The number of nitrogens with two attached hydrogens (primary N) is 1. The van der Waals surface area contributed by atoms with E-state index in [9.17, 15) is 4.39 Å². The molecule has 5 nitrogen and oxygen atoms in total. The molecule has 0 fully saturated rings. The van der Waals surface area contributed by atoms with Crippen molar-refractivity contribution in [3.05, 3.63) is 52.8 Å². The number of aryl methyl sites for hydroxylation is 1. The monoisotopic (exact) mass is 303 g/mol. The summed E-state index contributed by atoms with van der Waals surface area (Å²) in [7, 11) is 0. The highest BCUT2D eigenvalue weighted by Gasteiger charge is 2.15. The van der Waals surface area contributed by atoms with Gasteiger partial charge in [0.1, 0.15) is 5.82 Å². The fourth-order valence-electron chi connectivity index (χ4n) is 2.07. The molecule has 7 heteroatoms. The SMILES string of the molecule is Cc1cccc(-c2nnnn2-c2cc(F)cc(Cl)c2)c1N. The van der Waals surface area contributed by atoms with Crippen LogP contribution in [0.2, 0.25) is 5.02 Å². The number of para-hydroxylation sites is 1. The van der Waals surface area contributed by atoms with Crippen LogP contribution >= 0.6 is 11.6 Å². The number of anilines is 1. The van der Waals surface area contributed by atoms with Gasteiger partial charge in [0, 0.05) is 16.3 Å². The van der Waals surface area contributed by atoms with Crippen molar-refractivity contribution in [2.75, 3.05) is 5.73 Å². The summed E-state index contributed by atoms with van der Waals surface area (Å²) in [6.45, 7) is 1.89. The summed E-state index contributed by atoms with van der Waals surface area (Å²) >= 11 is 5.88. The first-order valence-corrected chi connectivity index (χ1v) is 6.54. The van der Waals surface area contributed by atoms with Crippen LogP contribution in [0.1, 0.15) is 5.56 Å². The number of nitrogens with zero attached hydrogens (tertiary/aromatic N) is 4. The zero-order valence-electron chi connectivity index (χ0n) is 11.1. The standard InChI is InChI=1S/C14H11ClFN5/c1-8-3-2-4-12(13(8)17)14-18-19-20-21(14)11-6-9(15)5-10(16)7-11/h2-7H,17H2,1H3. The smallest absolute Gasteiger partial charge is 0.189 e. The first kappa shape index (κ1) is 13.5. The molecular weight excluding hydrogens is 293 g/mol. The van der Waals surface area contributed by atoms with Crippen molar-refractivity contribution in [3.8, 4) is 17.1 Å². The average molecular weight is 304 g/mol. The fraction of sp³-hybridized carbons (Fsp3) is 0.0714. The summed E-state index contributed by atoms with van der Waals surface area (Å²) in [6, 6.07) is 9.67. The third kappa shape index (κ3) is 2.45. The minimum absolute atomic E-state index is 0.267. The lowest BCUT2D eigenvalue weighted by Crippen LogP contribution is -2.03. The number of rotatable bonds is 2. The van der Waals surface area contributed by atoms with Crippen LogP contribution in [0.5, 0.6) is 0 Å². The fourth-order valence-corrected chi connectivity index (χ4v) is 2.28. The topological polar surface area (TPSA) is 69.6 Å². The molecule has 106 valence electrons. The Balaban J connectivity index is 2.19. The average Bonchev–Trinajstić information content (AvgIpc) is 2.90. The lowest BCUT2D eigenvalue weighted by Gasteiger charge is -2.09. The summed E-state index contributed by atoms with van der Waals surface area (Å²) < 4.78 is 14.9. The Bertz CT molecular complexity index is 795. The van der Waals surface area contributed by atoms with E-state index in [4.69, 9.17) is 17.3 Å². The van der Waals surface area contributed by atoms with Crippen LogP contribution in [0.25, 0.3) is 17.1 Å². The molecular formula is C14H11ClFN5. The molecule has 1 heterocycles. The van der Waals surface area contributed by atoms with E-state index in [1.807, 2.05) is 25.1 Å². The molecule has 0 amide bonds. The Kier molecular flexibility index (Phi) is 3.31. The Morgan fingerprint density at radius 2 is 2.05 bits per heavy atom. The van der Waals surface area contributed by atoms with Gasteiger partial charge in [0.15, 0.2) is 5.82 Å². The molecule has 3 aromatic rings. The van der Waals surface area contributed by atoms with Crippen LogP contribution in [0.15, 0.2) is 36.4 Å².